The number of hydrogen-bond acceptors (Lipinski definition) is 3. The number of alkyl halides is 3. The lowest BCUT2D eigenvalue weighted by atomic mass is 10.1. The molecule has 0 aliphatic carbocycles. The summed E-state index contributed by atoms with van der Waals surface area (Å²) >= 11 is 0. The average molecular weight is 499 g/mol. The minimum Gasteiger partial charge on any atom is -0.367 e. The Labute approximate surface area is 210 Å². The second kappa shape index (κ2) is 12.1. The summed E-state index contributed by atoms with van der Waals surface area (Å²) in [5.74, 6) is -0.230. The van der Waals surface area contributed by atoms with Gasteiger partial charge < -0.3 is 9.80 Å². The number of anilines is 1. The van der Waals surface area contributed by atoms with E-state index in [1.807, 2.05) is 36.4 Å². The molecule has 2 aromatic carbocycles. The molecule has 2 heterocycles. The third-order valence-electron chi connectivity index (χ3n) is 6.60. The highest BCUT2D eigenvalue weighted by atomic mass is 19.4. The van der Waals surface area contributed by atoms with Crippen molar-refractivity contribution in [2.45, 2.75) is 64.3 Å². The minimum absolute atomic E-state index is 0.216. The lowest BCUT2D eigenvalue weighted by Gasteiger charge is -2.30. The molecule has 1 aliphatic heterocycles. The van der Waals surface area contributed by atoms with Gasteiger partial charge in [-0.1, -0.05) is 74.2 Å². The topological polar surface area (TPSA) is 41.4 Å². The van der Waals surface area contributed by atoms with E-state index in [4.69, 9.17) is 0 Å². The van der Waals surface area contributed by atoms with Gasteiger partial charge >= 0.3 is 6.18 Å². The second-order valence-electron chi connectivity index (χ2n) is 9.37. The number of halogens is 3. The van der Waals surface area contributed by atoms with Gasteiger partial charge in [-0.05, 0) is 36.1 Å². The molecule has 0 radical (unpaired) electrons. The van der Waals surface area contributed by atoms with E-state index in [2.05, 4.69) is 28.2 Å². The predicted molar refractivity (Wildman–Crippen MR) is 134 cm³/mol. The highest BCUT2D eigenvalue weighted by Crippen LogP contribution is 2.28. The molecule has 1 aliphatic rings. The summed E-state index contributed by atoms with van der Waals surface area (Å²) in [6, 6.07) is 19.4. The van der Waals surface area contributed by atoms with Crippen molar-refractivity contribution in [2.75, 3.05) is 18.0 Å². The Morgan fingerprint density at radius 2 is 1.50 bits per heavy atom. The Hall–Kier alpha value is -3.29. The molecule has 0 saturated carbocycles. The van der Waals surface area contributed by atoms with Gasteiger partial charge in [0.05, 0.1) is 0 Å². The second-order valence-corrected chi connectivity index (χ2v) is 9.37. The zero-order valence-electron chi connectivity index (χ0n) is 20.5. The van der Waals surface area contributed by atoms with E-state index in [1.165, 1.54) is 11.8 Å². The van der Waals surface area contributed by atoms with Crippen molar-refractivity contribution in [1.82, 2.24) is 14.7 Å². The Morgan fingerprint density at radius 1 is 0.833 bits per heavy atom. The fraction of sp³-hybridized carbons (Fsp3) is 0.429. The number of para-hydroxylation sites is 1. The molecule has 4 rings (SSSR count). The number of nitrogens with zero attached hydrogens (tertiary/aromatic N) is 4. The van der Waals surface area contributed by atoms with Crippen LogP contribution in [-0.2, 0) is 30.6 Å². The Balaban J connectivity index is 1.57. The number of hydrogen-bond donors (Lipinski definition) is 0. The van der Waals surface area contributed by atoms with Crippen LogP contribution in [0.2, 0.25) is 0 Å². The van der Waals surface area contributed by atoms with Gasteiger partial charge in [-0.2, -0.15) is 18.3 Å². The third-order valence-corrected chi connectivity index (χ3v) is 6.60. The van der Waals surface area contributed by atoms with Crippen LogP contribution in [0.3, 0.4) is 0 Å². The van der Waals surface area contributed by atoms with Crippen molar-refractivity contribution >= 4 is 11.6 Å². The summed E-state index contributed by atoms with van der Waals surface area (Å²) in [5, 5.41) is 3.57. The van der Waals surface area contributed by atoms with Gasteiger partial charge in [0.15, 0.2) is 5.69 Å². The van der Waals surface area contributed by atoms with E-state index in [9.17, 15) is 18.0 Å². The van der Waals surface area contributed by atoms with Crippen LogP contribution in [0.4, 0.5) is 18.9 Å². The highest BCUT2D eigenvalue weighted by Gasteiger charge is 2.33. The first-order valence-electron chi connectivity index (χ1n) is 12.7. The summed E-state index contributed by atoms with van der Waals surface area (Å²) in [4.78, 5) is 17.4. The fourth-order valence-electron chi connectivity index (χ4n) is 4.69. The minimum atomic E-state index is -4.53. The maximum absolute atomic E-state index is 13.3. The number of carbonyl (C=O) groups excluding carboxylic acids is 1. The first-order valence-corrected chi connectivity index (χ1v) is 12.7. The zero-order chi connectivity index (χ0) is 25.4. The highest BCUT2D eigenvalue weighted by molar-refractivity contribution is 5.76. The predicted octanol–water partition coefficient (Wildman–Crippen LogP) is 6.29. The summed E-state index contributed by atoms with van der Waals surface area (Å²) in [7, 11) is 0. The maximum atomic E-state index is 13.3. The number of benzene rings is 2. The lowest BCUT2D eigenvalue weighted by molar-refractivity contribution is -0.142. The Bertz CT molecular complexity index is 1110. The number of aromatic nitrogens is 2. The van der Waals surface area contributed by atoms with Crippen LogP contribution < -0.4 is 4.90 Å². The van der Waals surface area contributed by atoms with E-state index >= 15 is 0 Å². The van der Waals surface area contributed by atoms with Crippen molar-refractivity contribution in [2.24, 2.45) is 0 Å². The van der Waals surface area contributed by atoms with Gasteiger partial charge in [0, 0.05) is 38.1 Å². The van der Waals surface area contributed by atoms with Crippen LogP contribution in [0.5, 0.6) is 0 Å². The number of rotatable bonds is 4. The van der Waals surface area contributed by atoms with Gasteiger partial charge in [0.2, 0.25) is 5.91 Å². The molecule has 0 atom stereocenters. The molecular formula is C28H33F3N4O. The van der Waals surface area contributed by atoms with Crippen LogP contribution in [0.1, 0.15) is 55.3 Å². The molecule has 5 nitrogen and oxygen atoms in total. The average Bonchev–Trinajstić information content (AvgIpc) is 3.34. The zero-order valence-corrected chi connectivity index (χ0v) is 20.5. The molecule has 192 valence electrons. The molecule has 1 aromatic heterocycles. The summed E-state index contributed by atoms with van der Waals surface area (Å²) in [6.45, 7) is 2.46. The summed E-state index contributed by atoms with van der Waals surface area (Å²) < 4.78 is 40.0. The Kier molecular flexibility index (Phi) is 8.67. The number of carbonyl (C=O) groups is 1. The van der Waals surface area contributed by atoms with Gasteiger partial charge in [-0.15, -0.1) is 0 Å². The van der Waals surface area contributed by atoms with Crippen molar-refractivity contribution in [3.63, 3.8) is 0 Å². The van der Waals surface area contributed by atoms with Crippen LogP contribution in [0, 0.1) is 0 Å². The molecule has 0 saturated heterocycles. The van der Waals surface area contributed by atoms with Gasteiger partial charge in [-0.3, -0.25) is 9.48 Å². The number of fused-ring (bicyclic) bond motifs is 1. The summed E-state index contributed by atoms with van der Waals surface area (Å²) in [6.07, 6.45) is 3.12. The standard InChI is InChI=1S/C28H33F3N4O/c29-28(30,31)26-16-19-35(32-26)22-27(36)34-18-11-4-2-1-3-10-17-33(20-23-12-6-5-7-13-23)25-15-9-8-14-24(25)21-34/h5-9,12-16,19H,1-4,10-11,17-18,20-22H2. The quantitative estimate of drug-likeness (QED) is 0.424. The van der Waals surface area contributed by atoms with E-state index in [1.54, 1.807) is 4.90 Å². The molecule has 0 unspecified atom stereocenters. The largest absolute Gasteiger partial charge is 0.435 e. The molecule has 0 spiro atoms. The van der Waals surface area contributed by atoms with Gasteiger partial charge in [0.1, 0.15) is 6.54 Å². The fourth-order valence-corrected chi connectivity index (χ4v) is 4.69. The Morgan fingerprint density at radius 3 is 2.22 bits per heavy atom. The smallest absolute Gasteiger partial charge is 0.367 e. The van der Waals surface area contributed by atoms with Crippen molar-refractivity contribution < 1.29 is 18.0 Å². The normalized spacial score (nSPS) is 16.0. The number of amides is 1. The molecule has 8 heteroatoms. The van der Waals surface area contributed by atoms with Crippen LogP contribution >= 0.6 is 0 Å². The molecular weight excluding hydrogens is 465 g/mol. The van der Waals surface area contributed by atoms with E-state index in [0.717, 1.165) is 73.6 Å². The van der Waals surface area contributed by atoms with Gasteiger partial charge in [-0.25, -0.2) is 0 Å². The van der Waals surface area contributed by atoms with E-state index in [0.29, 0.717) is 13.1 Å². The molecule has 1 amide bonds. The van der Waals surface area contributed by atoms with Crippen LogP contribution in [0.25, 0.3) is 0 Å². The van der Waals surface area contributed by atoms with Crippen molar-refractivity contribution in [3.8, 4) is 0 Å². The van der Waals surface area contributed by atoms with Crippen LogP contribution in [0.15, 0.2) is 66.9 Å². The molecule has 36 heavy (non-hydrogen) atoms. The SMILES string of the molecule is O=C(Cn1ccc(C(F)(F)F)n1)N1CCCCCCCCN(Cc2ccccc2)c2ccccc2C1. The molecule has 0 N–H and O–H groups in total. The van der Waals surface area contributed by atoms with Gasteiger partial charge in [0.25, 0.3) is 0 Å². The lowest BCUT2D eigenvalue weighted by Crippen LogP contribution is -2.35. The van der Waals surface area contributed by atoms with Crippen molar-refractivity contribution in [3.05, 3.63) is 83.7 Å². The molecule has 0 bridgehead atoms. The van der Waals surface area contributed by atoms with Crippen molar-refractivity contribution in [1.29, 1.82) is 0 Å². The molecule has 3 aromatic rings. The maximum Gasteiger partial charge on any atom is 0.435 e. The summed E-state index contributed by atoms with van der Waals surface area (Å²) in [5.41, 5.74) is 2.38. The monoisotopic (exact) mass is 498 g/mol. The first-order chi connectivity index (χ1) is 17.4. The van der Waals surface area contributed by atoms with E-state index < -0.39 is 11.9 Å². The third kappa shape index (κ3) is 7.12. The molecule has 0 fully saturated rings. The van der Waals surface area contributed by atoms with Crippen LogP contribution in [-0.4, -0.2) is 33.7 Å². The first kappa shape index (κ1) is 25.8. The van der Waals surface area contributed by atoms with E-state index in [-0.39, 0.29) is 12.5 Å².